The van der Waals surface area contributed by atoms with Gasteiger partial charge >= 0.3 is 0 Å². The van der Waals surface area contributed by atoms with E-state index in [1.165, 1.54) is 0 Å². The number of likely N-dealkylation sites (tertiary alicyclic amines) is 1. The van der Waals surface area contributed by atoms with E-state index in [2.05, 4.69) is 18.7 Å². The Hall–Kier alpha value is -0.280. The normalized spacial score (nSPS) is 27.5. The largest absolute Gasteiger partial charge is 0.342 e. The predicted molar refractivity (Wildman–Crippen MR) is 72.2 cm³/mol. The molecule has 2 atom stereocenters. The van der Waals surface area contributed by atoms with Gasteiger partial charge in [-0.05, 0) is 38.5 Å². The fraction of sp³-hybridized carbons (Fsp3) is 0.923. The van der Waals surface area contributed by atoms with Crippen molar-refractivity contribution in [1.29, 1.82) is 0 Å². The summed E-state index contributed by atoms with van der Waals surface area (Å²) in [4.78, 5) is 14.4. The highest BCUT2D eigenvalue weighted by atomic mass is 35.5. The van der Waals surface area contributed by atoms with Crippen molar-refractivity contribution < 1.29 is 4.79 Å². The minimum Gasteiger partial charge on any atom is -0.342 e. The van der Waals surface area contributed by atoms with E-state index in [1.54, 1.807) is 0 Å². The summed E-state index contributed by atoms with van der Waals surface area (Å²) in [7, 11) is 0. The average Bonchev–Trinajstić information content (AvgIpc) is 2.86. The molecule has 2 N–H and O–H groups in total. The Bertz CT molecular complexity index is 277. The van der Waals surface area contributed by atoms with Gasteiger partial charge in [-0.1, -0.05) is 13.3 Å². The van der Waals surface area contributed by atoms with E-state index >= 15 is 0 Å². The van der Waals surface area contributed by atoms with Gasteiger partial charge in [0.2, 0.25) is 5.91 Å². The fourth-order valence-electron chi connectivity index (χ4n) is 2.94. The Kier molecular flexibility index (Phi) is 4.85. The first kappa shape index (κ1) is 14.8. The zero-order valence-corrected chi connectivity index (χ0v) is 11.8. The molecule has 0 aromatic carbocycles. The highest BCUT2D eigenvalue weighted by molar-refractivity contribution is 5.85. The molecular weight excluding hydrogens is 236 g/mol. The van der Waals surface area contributed by atoms with Gasteiger partial charge in [0.25, 0.3) is 0 Å². The van der Waals surface area contributed by atoms with Crippen LogP contribution in [0, 0.1) is 11.3 Å². The zero-order chi connectivity index (χ0) is 11.8. The highest BCUT2D eigenvalue weighted by Crippen LogP contribution is 2.51. The van der Waals surface area contributed by atoms with Crippen LogP contribution in [0.25, 0.3) is 0 Å². The second-order valence-electron chi connectivity index (χ2n) is 5.69. The van der Waals surface area contributed by atoms with Crippen LogP contribution < -0.4 is 5.73 Å². The number of halogens is 1. The Morgan fingerprint density at radius 3 is 2.59 bits per heavy atom. The molecule has 2 fully saturated rings. The van der Waals surface area contributed by atoms with Crippen molar-refractivity contribution >= 4 is 18.3 Å². The van der Waals surface area contributed by atoms with Crippen LogP contribution >= 0.6 is 12.4 Å². The first-order valence-electron chi connectivity index (χ1n) is 6.64. The predicted octanol–water partition coefficient (Wildman–Crippen LogP) is 2.18. The number of amides is 1. The van der Waals surface area contributed by atoms with Crippen molar-refractivity contribution in [3.63, 3.8) is 0 Å². The first-order valence-corrected chi connectivity index (χ1v) is 6.64. The van der Waals surface area contributed by atoms with Crippen LogP contribution in [0.4, 0.5) is 0 Å². The minimum atomic E-state index is 0. The summed E-state index contributed by atoms with van der Waals surface area (Å²) in [6.07, 6.45) is 5.51. The molecular formula is C13H25ClN2O. The molecule has 3 nitrogen and oxygen atoms in total. The van der Waals surface area contributed by atoms with Crippen molar-refractivity contribution in [3.8, 4) is 0 Å². The Morgan fingerprint density at radius 2 is 2.18 bits per heavy atom. The van der Waals surface area contributed by atoms with Gasteiger partial charge in [-0.25, -0.2) is 0 Å². The highest BCUT2D eigenvalue weighted by Gasteiger charge is 2.51. The summed E-state index contributed by atoms with van der Waals surface area (Å²) >= 11 is 0. The summed E-state index contributed by atoms with van der Waals surface area (Å²) in [6.45, 7) is 6.04. The van der Waals surface area contributed by atoms with Gasteiger partial charge in [-0.2, -0.15) is 0 Å². The molecule has 1 heterocycles. The van der Waals surface area contributed by atoms with Crippen molar-refractivity contribution in [2.75, 3.05) is 13.1 Å². The topological polar surface area (TPSA) is 46.3 Å². The third-order valence-electron chi connectivity index (χ3n) is 4.29. The molecule has 1 aliphatic carbocycles. The van der Waals surface area contributed by atoms with Gasteiger partial charge in [0.15, 0.2) is 0 Å². The Morgan fingerprint density at radius 1 is 1.53 bits per heavy atom. The molecule has 0 spiro atoms. The molecule has 0 radical (unpaired) electrons. The van der Waals surface area contributed by atoms with E-state index in [4.69, 9.17) is 5.73 Å². The lowest BCUT2D eigenvalue weighted by Crippen LogP contribution is -2.37. The van der Waals surface area contributed by atoms with Crippen LogP contribution in [0.15, 0.2) is 0 Å². The summed E-state index contributed by atoms with van der Waals surface area (Å²) in [5.74, 6) is 0.930. The number of rotatable bonds is 4. The quantitative estimate of drug-likeness (QED) is 0.842. The van der Waals surface area contributed by atoms with Crippen LogP contribution in [0.1, 0.15) is 46.0 Å². The van der Waals surface area contributed by atoms with Crippen LogP contribution in [0.5, 0.6) is 0 Å². The lowest BCUT2D eigenvalue weighted by atomic mass is 9.98. The Labute approximate surface area is 111 Å². The number of carbonyl (C=O) groups excluding carboxylic acids is 1. The molecule has 100 valence electrons. The molecule has 0 aromatic rings. The summed E-state index contributed by atoms with van der Waals surface area (Å²) in [6, 6.07) is 0.221. The van der Waals surface area contributed by atoms with E-state index in [0.29, 0.717) is 11.8 Å². The smallest absolute Gasteiger partial charge is 0.228 e. The molecule has 4 heteroatoms. The standard InChI is InChI=1S/C13H24N2O.ClH/c1-3-5-13(6-7-13)12(16)15-8-4-11(9-15)10(2)14;/h10-11H,3-9,14H2,1-2H3;1H. The third kappa shape index (κ3) is 2.94. The summed E-state index contributed by atoms with van der Waals surface area (Å²) in [5.41, 5.74) is 5.95. The molecule has 2 unspecified atom stereocenters. The van der Waals surface area contributed by atoms with Gasteiger partial charge in [-0.3, -0.25) is 4.79 Å². The third-order valence-corrected chi connectivity index (χ3v) is 4.29. The minimum absolute atomic E-state index is 0. The second kappa shape index (κ2) is 5.57. The molecule has 1 amide bonds. The van der Waals surface area contributed by atoms with Crippen LogP contribution in [-0.2, 0) is 4.79 Å². The van der Waals surface area contributed by atoms with Crippen LogP contribution in [0.2, 0.25) is 0 Å². The van der Waals surface area contributed by atoms with Crippen LogP contribution in [0.3, 0.4) is 0 Å². The number of nitrogens with two attached hydrogens (primary N) is 1. The molecule has 1 aliphatic heterocycles. The molecule has 1 saturated carbocycles. The number of carbonyl (C=O) groups is 1. The molecule has 0 aromatic heterocycles. The van der Waals surface area contributed by atoms with Crippen LogP contribution in [-0.4, -0.2) is 29.9 Å². The van der Waals surface area contributed by atoms with Crippen molar-refractivity contribution in [2.45, 2.75) is 52.0 Å². The lowest BCUT2D eigenvalue weighted by Gasteiger charge is -2.23. The van der Waals surface area contributed by atoms with Gasteiger partial charge in [0.1, 0.15) is 0 Å². The SMILES string of the molecule is CCCC1(C(=O)N2CCC(C(C)N)C2)CC1.Cl. The van der Waals surface area contributed by atoms with E-state index in [1.807, 2.05) is 0 Å². The second-order valence-corrected chi connectivity index (χ2v) is 5.69. The molecule has 0 bridgehead atoms. The number of nitrogens with zero attached hydrogens (tertiary/aromatic N) is 1. The fourth-order valence-corrected chi connectivity index (χ4v) is 2.94. The summed E-state index contributed by atoms with van der Waals surface area (Å²) < 4.78 is 0. The van der Waals surface area contributed by atoms with E-state index in [9.17, 15) is 4.79 Å². The molecule has 2 aliphatic rings. The lowest BCUT2D eigenvalue weighted by molar-refractivity contribution is -0.136. The van der Waals surface area contributed by atoms with E-state index in [0.717, 1.165) is 45.2 Å². The Balaban J connectivity index is 0.00000144. The maximum Gasteiger partial charge on any atom is 0.228 e. The summed E-state index contributed by atoms with van der Waals surface area (Å²) in [5, 5.41) is 0. The molecule has 17 heavy (non-hydrogen) atoms. The zero-order valence-electron chi connectivity index (χ0n) is 10.9. The van der Waals surface area contributed by atoms with E-state index in [-0.39, 0.29) is 23.9 Å². The van der Waals surface area contributed by atoms with Crippen molar-refractivity contribution in [3.05, 3.63) is 0 Å². The molecule has 2 rings (SSSR count). The molecule has 1 saturated heterocycles. The number of hydrogen-bond donors (Lipinski definition) is 1. The first-order chi connectivity index (χ1) is 7.59. The van der Waals surface area contributed by atoms with Crippen molar-refractivity contribution in [1.82, 2.24) is 4.90 Å². The van der Waals surface area contributed by atoms with Gasteiger partial charge in [-0.15, -0.1) is 12.4 Å². The maximum absolute atomic E-state index is 12.4. The van der Waals surface area contributed by atoms with E-state index < -0.39 is 0 Å². The van der Waals surface area contributed by atoms with Gasteiger partial charge < -0.3 is 10.6 Å². The maximum atomic E-state index is 12.4. The van der Waals surface area contributed by atoms with Gasteiger partial charge in [0, 0.05) is 24.5 Å². The van der Waals surface area contributed by atoms with Crippen molar-refractivity contribution in [2.24, 2.45) is 17.1 Å². The average molecular weight is 261 g/mol. The monoisotopic (exact) mass is 260 g/mol. The van der Waals surface area contributed by atoms with Gasteiger partial charge in [0.05, 0.1) is 0 Å². The number of hydrogen-bond acceptors (Lipinski definition) is 2.